The van der Waals surface area contributed by atoms with E-state index in [-0.39, 0.29) is 16.6 Å². The summed E-state index contributed by atoms with van der Waals surface area (Å²) in [5.74, 6) is 0.0314. The Bertz CT molecular complexity index is 1150. The normalized spacial score (nSPS) is 12.6. The second-order valence-corrected chi connectivity index (χ2v) is 11.4. The summed E-state index contributed by atoms with van der Waals surface area (Å²) in [5.41, 5.74) is 5.10. The number of amides is 1. The maximum absolute atomic E-state index is 12.5. The second-order valence-electron chi connectivity index (χ2n) is 9.58. The Balaban J connectivity index is 1.88. The van der Waals surface area contributed by atoms with Gasteiger partial charge in [0.2, 0.25) is 0 Å². The number of carbonyl (C=O) groups excluding carboxylic acids is 1. The zero-order valence-corrected chi connectivity index (χ0v) is 21.6. The number of hydrazone groups is 1. The van der Waals surface area contributed by atoms with Crippen LogP contribution in [0.4, 0.5) is 0 Å². The molecule has 0 saturated carbocycles. The second kappa shape index (κ2) is 8.43. The van der Waals surface area contributed by atoms with E-state index in [0.29, 0.717) is 11.3 Å². The number of nitrogens with zero attached hydrogens (tertiary/aromatic N) is 1. The molecule has 2 N–H and O–H groups in total. The fourth-order valence-corrected chi connectivity index (χ4v) is 4.62. The van der Waals surface area contributed by atoms with Crippen LogP contribution in [0.3, 0.4) is 0 Å². The van der Waals surface area contributed by atoms with Gasteiger partial charge >= 0.3 is 5.91 Å². The molecule has 1 amide bonds. The van der Waals surface area contributed by atoms with Crippen molar-refractivity contribution in [1.82, 2.24) is 5.43 Å². The fourth-order valence-electron chi connectivity index (χ4n) is 3.28. The molecule has 3 aromatic rings. The van der Waals surface area contributed by atoms with Crippen molar-refractivity contribution in [2.24, 2.45) is 5.10 Å². The third kappa shape index (κ3) is 5.21. The molecule has 0 saturated heterocycles. The first-order valence-corrected chi connectivity index (χ1v) is 11.5. The molecular formula is C24H26Br2N2O3. The molecule has 164 valence electrons. The molecule has 31 heavy (non-hydrogen) atoms. The van der Waals surface area contributed by atoms with Crippen molar-refractivity contribution < 1.29 is 14.3 Å². The Morgan fingerprint density at radius 3 is 2.13 bits per heavy atom. The lowest BCUT2D eigenvalue weighted by molar-refractivity contribution is 0.0929. The first-order valence-electron chi connectivity index (χ1n) is 9.87. The molecule has 0 radical (unpaired) electrons. The van der Waals surface area contributed by atoms with Gasteiger partial charge in [-0.05, 0) is 62.7 Å². The van der Waals surface area contributed by atoms with Crippen molar-refractivity contribution in [1.29, 1.82) is 0 Å². The van der Waals surface area contributed by atoms with Gasteiger partial charge in [0.05, 0.1) is 10.7 Å². The summed E-state index contributed by atoms with van der Waals surface area (Å²) < 4.78 is 7.32. The van der Waals surface area contributed by atoms with E-state index in [1.165, 1.54) is 0 Å². The maximum atomic E-state index is 12.5. The highest BCUT2D eigenvalue weighted by atomic mass is 79.9. The Morgan fingerprint density at radius 2 is 1.58 bits per heavy atom. The molecule has 7 heteroatoms. The predicted molar refractivity (Wildman–Crippen MR) is 132 cm³/mol. The van der Waals surface area contributed by atoms with Crippen molar-refractivity contribution in [2.45, 2.75) is 52.4 Å². The van der Waals surface area contributed by atoms with Gasteiger partial charge in [0.25, 0.3) is 0 Å². The molecule has 2 aromatic carbocycles. The highest BCUT2D eigenvalue weighted by Gasteiger charge is 2.26. The first-order chi connectivity index (χ1) is 14.3. The molecule has 3 rings (SSSR count). The van der Waals surface area contributed by atoms with E-state index in [4.69, 9.17) is 4.42 Å². The molecule has 5 nitrogen and oxygen atoms in total. The number of fused-ring (bicyclic) bond motifs is 1. The lowest BCUT2D eigenvalue weighted by Crippen LogP contribution is -2.19. The van der Waals surface area contributed by atoms with Gasteiger partial charge in [0, 0.05) is 21.0 Å². The number of hydrogen-bond donors (Lipinski definition) is 2. The van der Waals surface area contributed by atoms with Crippen LogP contribution in [-0.4, -0.2) is 17.2 Å². The van der Waals surface area contributed by atoms with Crippen molar-refractivity contribution in [2.75, 3.05) is 0 Å². The van der Waals surface area contributed by atoms with Gasteiger partial charge in [-0.15, -0.1) is 0 Å². The van der Waals surface area contributed by atoms with Crippen LogP contribution in [0.25, 0.3) is 11.0 Å². The Kier molecular flexibility index (Phi) is 6.40. The van der Waals surface area contributed by atoms with E-state index in [1.54, 1.807) is 12.3 Å². The number of aromatic hydroxyl groups is 1. The summed E-state index contributed by atoms with van der Waals surface area (Å²) in [4.78, 5) is 12.5. The molecule has 0 atom stereocenters. The summed E-state index contributed by atoms with van der Waals surface area (Å²) in [6, 6.07) is 9.20. The predicted octanol–water partition coefficient (Wildman–Crippen LogP) is 7.02. The number of phenols is 1. The van der Waals surface area contributed by atoms with Gasteiger partial charge in [-0.2, -0.15) is 5.10 Å². The van der Waals surface area contributed by atoms with E-state index in [1.807, 2.05) is 24.3 Å². The van der Waals surface area contributed by atoms with Gasteiger partial charge in [0.15, 0.2) is 5.76 Å². The van der Waals surface area contributed by atoms with Crippen LogP contribution in [0.2, 0.25) is 0 Å². The zero-order chi connectivity index (χ0) is 23.1. The number of furan rings is 1. The topological polar surface area (TPSA) is 74.8 Å². The average molecular weight is 550 g/mol. The van der Waals surface area contributed by atoms with E-state index in [9.17, 15) is 9.90 Å². The molecule has 0 bridgehead atoms. The number of hydrogen-bond acceptors (Lipinski definition) is 4. The molecule has 0 fully saturated rings. The molecule has 0 aliphatic heterocycles. The molecule has 1 heterocycles. The van der Waals surface area contributed by atoms with Crippen molar-refractivity contribution in [3.8, 4) is 5.75 Å². The average Bonchev–Trinajstić information content (AvgIpc) is 3.05. The van der Waals surface area contributed by atoms with Crippen molar-refractivity contribution >= 4 is 55.0 Å². The van der Waals surface area contributed by atoms with Crippen LogP contribution in [0.15, 0.2) is 48.8 Å². The SMILES string of the molecule is CC(C)(C)c1cc(/C=N\NC(=O)c2cc3cc(Br)cc(Br)c3o2)cc(C(C)(C)C)c1O. The maximum Gasteiger partial charge on any atom is 0.307 e. The molecular weight excluding hydrogens is 524 g/mol. The van der Waals surface area contributed by atoms with E-state index < -0.39 is 5.91 Å². The smallest absolute Gasteiger partial charge is 0.307 e. The monoisotopic (exact) mass is 548 g/mol. The first kappa shape index (κ1) is 23.5. The van der Waals surface area contributed by atoms with Gasteiger partial charge in [-0.3, -0.25) is 4.79 Å². The summed E-state index contributed by atoms with van der Waals surface area (Å²) in [6.45, 7) is 12.3. The van der Waals surface area contributed by atoms with E-state index >= 15 is 0 Å². The molecule has 0 aliphatic carbocycles. The van der Waals surface area contributed by atoms with Crippen LogP contribution in [-0.2, 0) is 10.8 Å². The Morgan fingerprint density at radius 1 is 1.00 bits per heavy atom. The molecule has 0 spiro atoms. The number of benzene rings is 2. The van der Waals surface area contributed by atoms with Gasteiger partial charge in [-0.25, -0.2) is 5.43 Å². The number of halogens is 2. The summed E-state index contributed by atoms with van der Waals surface area (Å²) in [5, 5.41) is 15.7. The van der Waals surface area contributed by atoms with Crippen molar-refractivity contribution in [3.05, 3.63) is 61.7 Å². The largest absolute Gasteiger partial charge is 0.507 e. The minimum absolute atomic E-state index is 0.169. The van der Waals surface area contributed by atoms with Gasteiger partial charge < -0.3 is 9.52 Å². The van der Waals surface area contributed by atoms with Gasteiger partial charge in [-0.1, -0.05) is 57.5 Å². The Labute approximate surface area is 199 Å². The van der Waals surface area contributed by atoms with Crippen LogP contribution in [0, 0.1) is 0 Å². The van der Waals surface area contributed by atoms with Crippen LogP contribution in [0.5, 0.6) is 5.75 Å². The number of phenolic OH excluding ortho intramolecular Hbond substituents is 1. The minimum Gasteiger partial charge on any atom is -0.507 e. The van der Waals surface area contributed by atoms with Gasteiger partial charge in [0.1, 0.15) is 11.3 Å². The Hall–Kier alpha value is -2.12. The van der Waals surface area contributed by atoms with Crippen LogP contribution in [0.1, 0.15) is 68.8 Å². The fraction of sp³-hybridized carbons (Fsp3) is 0.333. The third-order valence-corrected chi connectivity index (χ3v) is 5.93. The summed E-state index contributed by atoms with van der Waals surface area (Å²) in [7, 11) is 0. The lowest BCUT2D eigenvalue weighted by Gasteiger charge is -2.27. The number of nitrogens with one attached hydrogen (secondary N) is 1. The highest BCUT2D eigenvalue weighted by Crippen LogP contribution is 2.39. The number of carbonyl (C=O) groups is 1. The third-order valence-electron chi connectivity index (χ3n) is 4.89. The zero-order valence-electron chi connectivity index (χ0n) is 18.4. The van der Waals surface area contributed by atoms with Crippen molar-refractivity contribution in [3.63, 3.8) is 0 Å². The van der Waals surface area contributed by atoms with E-state index in [2.05, 4.69) is 83.9 Å². The van der Waals surface area contributed by atoms with Crippen LogP contribution < -0.4 is 5.43 Å². The molecule has 0 aliphatic rings. The lowest BCUT2D eigenvalue weighted by atomic mass is 9.78. The van der Waals surface area contributed by atoms with E-state index in [0.717, 1.165) is 31.0 Å². The number of rotatable bonds is 3. The molecule has 1 aromatic heterocycles. The standard InChI is InChI=1S/C24H26Br2N2O3/c1-23(2,3)16-7-13(8-17(20(16)29)24(4,5)6)12-27-28-22(30)19-10-14-9-15(25)11-18(26)21(14)31-19/h7-12,29H,1-6H3,(H,28,30)/b27-12-. The summed E-state index contributed by atoms with van der Waals surface area (Å²) >= 11 is 6.87. The summed E-state index contributed by atoms with van der Waals surface area (Å²) in [6.07, 6.45) is 1.58. The quantitative estimate of drug-likeness (QED) is 0.272. The minimum atomic E-state index is -0.443. The van der Waals surface area contributed by atoms with Crippen LogP contribution >= 0.6 is 31.9 Å². The highest BCUT2D eigenvalue weighted by molar-refractivity contribution is 9.11. The molecule has 0 unspecified atom stereocenters.